The van der Waals surface area contributed by atoms with E-state index in [1.165, 1.54) is 0 Å². The van der Waals surface area contributed by atoms with Gasteiger partial charge in [-0.3, -0.25) is 15.7 Å². The molecule has 5 rings (SSSR count). The van der Waals surface area contributed by atoms with Gasteiger partial charge in [0.05, 0.1) is 40.9 Å². The lowest BCUT2D eigenvalue weighted by Crippen LogP contribution is -2.44. The van der Waals surface area contributed by atoms with Crippen molar-refractivity contribution in [1.29, 1.82) is 0 Å². The van der Waals surface area contributed by atoms with Gasteiger partial charge in [-0.05, 0) is 31.3 Å². The van der Waals surface area contributed by atoms with Crippen LogP contribution in [0.25, 0.3) is 22.3 Å². The first kappa shape index (κ1) is 21.9. The molecule has 4 aromatic rings. The highest BCUT2D eigenvalue weighted by Crippen LogP contribution is 2.38. The molecule has 3 aromatic heterocycles. The van der Waals surface area contributed by atoms with Gasteiger partial charge in [0, 0.05) is 63.4 Å². The first-order chi connectivity index (χ1) is 16.6. The zero-order valence-corrected chi connectivity index (χ0v) is 19.5. The first-order valence-corrected chi connectivity index (χ1v) is 11.1. The van der Waals surface area contributed by atoms with Gasteiger partial charge in [-0.1, -0.05) is 0 Å². The van der Waals surface area contributed by atoms with Crippen molar-refractivity contribution in [3.05, 3.63) is 48.9 Å². The van der Waals surface area contributed by atoms with E-state index in [2.05, 4.69) is 37.6 Å². The third-order valence-corrected chi connectivity index (χ3v) is 6.20. The molecule has 0 atom stereocenters. The van der Waals surface area contributed by atoms with Gasteiger partial charge in [-0.25, -0.2) is 9.97 Å². The minimum Gasteiger partial charge on any atom is -0.494 e. The summed E-state index contributed by atoms with van der Waals surface area (Å²) in [6.07, 6.45) is 5.51. The summed E-state index contributed by atoms with van der Waals surface area (Å²) in [5, 5.41) is 13.1. The molecule has 0 radical (unpaired) electrons. The standard InChI is InChI=1S/C24H28N8O2/c1-30-9-11-32(12-10-30)21-14-22(34-3)19(13-18(21)29-33)28-24-26-8-6-17(27-24)16-15-31(2)20-5-4-7-25-23(16)20/h4-8,13-15,29,33H,9-12H2,1-3H3,(H,26,27,28). The fourth-order valence-electron chi connectivity index (χ4n) is 4.32. The molecular formula is C24H28N8O2. The maximum Gasteiger partial charge on any atom is 0.227 e. The molecule has 1 aliphatic heterocycles. The molecule has 0 unspecified atom stereocenters. The Hall–Kier alpha value is -3.89. The number of ether oxygens (including phenoxy) is 1. The Morgan fingerprint density at radius 2 is 1.82 bits per heavy atom. The van der Waals surface area contributed by atoms with Gasteiger partial charge in [-0.2, -0.15) is 0 Å². The normalized spacial score (nSPS) is 14.4. The lowest BCUT2D eigenvalue weighted by Gasteiger charge is -2.35. The number of hydrogen-bond donors (Lipinski definition) is 3. The Balaban J connectivity index is 1.47. The molecule has 0 saturated carbocycles. The molecule has 3 N–H and O–H groups in total. The van der Waals surface area contributed by atoms with Gasteiger partial charge in [0.2, 0.25) is 5.95 Å². The lowest BCUT2D eigenvalue weighted by molar-refractivity contribution is 0.312. The Morgan fingerprint density at radius 3 is 2.59 bits per heavy atom. The molecule has 1 aromatic carbocycles. The van der Waals surface area contributed by atoms with Crippen LogP contribution in [0.1, 0.15) is 0 Å². The number of hydrogen-bond acceptors (Lipinski definition) is 9. The molecule has 1 aliphatic rings. The fourth-order valence-corrected chi connectivity index (χ4v) is 4.32. The molecule has 1 fully saturated rings. The van der Waals surface area contributed by atoms with Crippen LogP contribution in [-0.4, -0.2) is 70.0 Å². The Morgan fingerprint density at radius 1 is 1.00 bits per heavy atom. The zero-order valence-electron chi connectivity index (χ0n) is 19.5. The van der Waals surface area contributed by atoms with E-state index in [4.69, 9.17) is 9.72 Å². The maximum atomic E-state index is 9.85. The van der Waals surface area contributed by atoms with Crippen molar-refractivity contribution in [2.24, 2.45) is 7.05 Å². The molecule has 4 heterocycles. The van der Waals surface area contributed by atoms with E-state index in [9.17, 15) is 5.21 Å². The summed E-state index contributed by atoms with van der Waals surface area (Å²) in [4.78, 5) is 18.2. The van der Waals surface area contributed by atoms with Gasteiger partial charge >= 0.3 is 0 Å². The quantitative estimate of drug-likeness (QED) is 0.374. The van der Waals surface area contributed by atoms with Crippen molar-refractivity contribution in [2.75, 3.05) is 56.0 Å². The summed E-state index contributed by atoms with van der Waals surface area (Å²) in [7, 11) is 5.72. The monoisotopic (exact) mass is 460 g/mol. The molecule has 0 spiro atoms. The number of aryl methyl sites for hydroxylation is 1. The van der Waals surface area contributed by atoms with Crippen molar-refractivity contribution < 1.29 is 9.94 Å². The van der Waals surface area contributed by atoms with Crippen molar-refractivity contribution in [3.63, 3.8) is 0 Å². The van der Waals surface area contributed by atoms with Crippen LogP contribution in [0.2, 0.25) is 0 Å². The number of piperazine rings is 1. The van der Waals surface area contributed by atoms with Crippen molar-refractivity contribution >= 4 is 34.0 Å². The van der Waals surface area contributed by atoms with E-state index < -0.39 is 0 Å². The third-order valence-electron chi connectivity index (χ3n) is 6.20. The molecule has 10 heteroatoms. The zero-order chi connectivity index (χ0) is 23.7. The van der Waals surface area contributed by atoms with Gasteiger partial charge in [0.15, 0.2) is 0 Å². The van der Waals surface area contributed by atoms with Crippen LogP contribution in [0.4, 0.5) is 23.0 Å². The highest BCUT2D eigenvalue weighted by atomic mass is 16.5. The highest BCUT2D eigenvalue weighted by Gasteiger charge is 2.20. The topological polar surface area (TPSA) is 104 Å². The second-order valence-electron chi connectivity index (χ2n) is 8.39. The van der Waals surface area contributed by atoms with Crippen LogP contribution in [0.5, 0.6) is 5.75 Å². The maximum absolute atomic E-state index is 9.85. The number of nitrogens with zero attached hydrogens (tertiary/aromatic N) is 6. The van der Waals surface area contributed by atoms with Crippen LogP contribution in [0, 0.1) is 0 Å². The molecule has 0 amide bonds. The largest absolute Gasteiger partial charge is 0.494 e. The van der Waals surface area contributed by atoms with Gasteiger partial charge in [-0.15, -0.1) is 0 Å². The number of fused-ring (bicyclic) bond motifs is 1. The van der Waals surface area contributed by atoms with E-state index in [1.54, 1.807) is 19.5 Å². The summed E-state index contributed by atoms with van der Waals surface area (Å²) in [5.41, 5.74) is 8.06. The van der Waals surface area contributed by atoms with Crippen LogP contribution in [0.15, 0.2) is 48.9 Å². The summed E-state index contributed by atoms with van der Waals surface area (Å²) in [5.74, 6) is 1.05. The van der Waals surface area contributed by atoms with Gasteiger partial charge in [0.25, 0.3) is 0 Å². The smallest absolute Gasteiger partial charge is 0.227 e. The number of rotatable bonds is 6. The molecule has 0 aliphatic carbocycles. The minimum atomic E-state index is 0.417. The van der Waals surface area contributed by atoms with Crippen molar-refractivity contribution in [1.82, 2.24) is 24.4 Å². The average Bonchev–Trinajstić information content (AvgIpc) is 3.21. The molecule has 176 valence electrons. The molecule has 1 saturated heterocycles. The number of methoxy groups -OCH3 is 1. The van der Waals surface area contributed by atoms with Crippen LogP contribution in [0.3, 0.4) is 0 Å². The van der Waals surface area contributed by atoms with Crippen molar-refractivity contribution in [3.8, 4) is 17.0 Å². The van der Waals surface area contributed by atoms with Crippen molar-refractivity contribution in [2.45, 2.75) is 0 Å². The second-order valence-corrected chi connectivity index (χ2v) is 8.39. The minimum absolute atomic E-state index is 0.417. The molecule has 0 bridgehead atoms. The van der Waals surface area contributed by atoms with Crippen LogP contribution < -0.4 is 20.4 Å². The Bertz CT molecular complexity index is 1310. The summed E-state index contributed by atoms with van der Waals surface area (Å²) in [6, 6.07) is 9.54. The summed E-state index contributed by atoms with van der Waals surface area (Å²) in [6.45, 7) is 3.64. The second kappa shape index (κ2) is 9.16. The summed E-state index contributed by atoms with van der Waals surface area (Å²) >= 11 is 0. The average molecular weight is 461 g/mol. The lowest BCUT2D eigenvalue weighted by atomic mass is 10.1. The predicted octanol–water partition coefficient (Wildman–Crippen LogP) is 3.34. The Labute approximate surface area is 197 Å². The number of pyridine rings is 1. The van der Waals surface area contributed by atoms with E-state index in [0.717, 1.165) is 54.2 Å². The Kier molecular flexibility index (Phi) is 5.91. The van der Waals surface area contributed by atoms with Gasteiger partial charge in [0.1, 0.15) is 5.75 Å². The van der Waals surface area contributed by atoms with E-state index in [-0.39, 0.29) is 0 Å². The van der Waals surface area contributed by atoms with E-state index in [1.807, 2.05) is 48.1 Å². The van der Waals surface area contributed by atoms with E-state index >= 15 is 0 Å². The third kappa shape index (κ3) is 4.09. The number of benzene rings is 1. The molecule has 34 heavy (non-hydrogen) atoms. The summed E-state index contributed by atoms with van der Waals surface area (Å²) < 4.78 is 7.70. The number of aromatic nitrogens is 4. The van der Waals surface area contributed by atoms with Gasteiger partial charge < -0.3 is 24.4 Å². The van der Waals surface area contributed by atoms with Crippen LogP contribution in [-0.2, 0) is 7.05 Å². The fraction of sp³-hybridized carbons (Fsp3) is 0.292. The molecule has 10 nitrogen and oxygen atoms in total. The SMILES string of the molecule is COc1cc(N2CCN(C)CC2)c(NO)cc1Nc1nccc(-c2cn(C)c3cccnc23)n1. The number of nitrogens with one attached hydrogen (secondary N) is 2. The predicted molar refractivity (Wildman–Crippen MR) is 133 cm³/mol. The molecular weight excluding hydrogens is 432 g/mol. The number of likely N-dealkylation sites (N-methyl/N-ethyl adjacent to an activating group) is 1. The van der Waals surface area contributed by atoms with Crippen LogP contribution >= 0.6 is 0 Å². The first-order valence-electron chi connectivity index (χ1n) is 11.1. The number of anilines is 4. The highest BCUT2D eigenvalue weighted by molar-refractivity contribution is 5.92. The van der Waals surface area contributed by atoms with E-state index in [0.29, 0.717) is 23.1 Å².